The first kappa shape index (κ1) is 16.3. The Bertz CT molecular complexity index is 640. The predicted molar refractivity (Wildman–Crippen MR) is 78.6 cm³/mol. The van der Waals surface area contributed by atoms with E-state index in [1.807, 2.05) is 30.3 Å². The van der Waals surface area contributed by atoms with Crippen LogP contribution in [0.5, 0.6) is 0 Å². The molecule has 0 amide bonds. The molecule has 0 aromatic heterocycles. The van der Waals surface area contributed by atoms with Crippen LogP contribution in [0.4, 0.5) is 0 Å². The van der Waals surface area contributed by atoms with Gasteiger partial charge in [-0.1, -0.05) is 42.5 Å². The van der Waals surface area contributed by atoms with Crippen LogP contribution in [0.3, 0.4) is 0 Å². The lowest BCUT2D eigenvalue weighted by molar-refractivity contribution is 0.483. The Kier molecular flexibility index (Phi) is 5.41. The van der Waals surface area contributed by atoms with Crippen LogP contribution in [-0.2, 0) is 10.1 Å². The van der Waals surface area contributed by atoms with Crippen molar-refractivity contribution >= 4 is 10.1 Å². The van der Waals surface area contributed by atoms with Gasteiger partial charge in [0.05, 0.1) is 4.90 Å². The molecule has 0 saturated heterocycles. The van der Waals surface area contributed by atoms with Crippen molar-refractivity contribution in [3.63, 3.8) is 0 Å². The average Bonchev–Trinajstić information content (AvgIpc) is 2.40. The molecule has 0 bridgehead atoms. The second-order valence-corrected chi connectivity index (χ2v) is 5.66. The van der Waals surface area contributed by atoms with Gasteiger partial charge >= 0.3 is 0 Å². The molecule has 0 aliphatic carbocycles. The Morgan fingerprint density at radius 2 is 1.45 bits per heavy atom. The molecule has 5 nitrogen and oxygen atoms in total. The van der Waals surface area contributed by atoms with Gasteiger partial charge in [-0.15, -0.1) is 0 Å². The van der Waals surface area contributed by atoms with E-state index in [-0.39, 0.29) is 17.0 Å². The van der Waals surface area contributed by atoms with Crippen LogP contribution in [0.2, 0.25) is 0 Å². The molecule has 1 unspecified atom stereocenters. The summed E-state index contributed by atoms with van der Waals surface area (Å²) in [6, 6.07) is 15.9. The van der Waals surface area contributed by atoms with Crippen molar-refractivity contribution in [2.45, 2.75) is 10.8 Å². The topological polar surface area (TPSA) is 115 Å². The fourth-order valence-corrected chi connectivity index (χ4v) is 2.50. The molecule has 6 heteroatoms. The summed E-state index contributed by atoms with van der Waals surface area (Å²) in [5.41, 5.74) is 7.78. The average molecular weight is 294 g/mol. The minimum Gasteiger partial charge on any atom is -0.344 e. The van der Waals surface area contributed by atoms with Gasteiger partial charge in [0.25, 0.3) is 10.1 Å². The monoisotopic (exact) mass is 294 g/mol. The van der Waals surface area contributed by atoms with E-state index >= 15 is 0 Å². The molecule has 0 aliphatic rings. The Morgan fingerprint density at radius 1 is 0.950 bits per heavy atom. The number of benzene rings is 2. The highest BCUT2D eigenvalue weighted by molar-refractivity contribution is 7.85. The summed E-state index contributed by atoms with van der Waals surface area (Å²) in [5.74, 6) is 0.0108. The van der Waals surface area contributed by atoms with Crippen LogP contribution in [-0.4, -0.2) is 19.5 Å². The second kappa shape index (κ2) is 6.62. The van der Waals surface area contributed by atoms with Gasteiger partial charge in [-0.3, -0.25) is 4.55 Å². The molecule has 1 atom stereocenters. The first-order valence-electron chi connectivity index (χ1n) is 5.85. The van der Waals surface area contributed by atoms with Crippen LogP contribution in [0.25, 0.3) is 0 Å². The van der Waals surface area contributed by atoms with Crippen LogP contribution in [0.15, 0.2) is 59.5 Å². The molecule has 6 N–H and O–H groups in total. The maximum absolute atomic E-state index is 11.0. The van der Waals surface area contributed by atoms with Gasteiger partial charge in [-0.2, -0.15) is 8.42 Å². The Hall–Kier alpha value is -1.73. The van der Waals surface area contributed by atoms with E-state index in [0.717, 1.165) is 11.1 Å². The van der Waals surface area contributed by atoms with Crippen molar-refractivity contribution in [2.24, 2.45) is 5.73 Å². The summed E-state index contributed by atoms with van der Waals surface area (Å²) >= 11 is 0. The SMILES string of the molecule is N.NCC(c1ccccc1)c1ccc(S(=O)(=O)O)cc1. The molecule has 0 heterocycles. The Morgan fingerprint density at radius 3 is 1.90 bits per heavy atom. The summed E-state index contributed by atoms with van der Waals surface area (Å²) in [7, 11) is -4.15. The largest absolute Gasteiger partial charge is 0.344 e. The van der Waals surface area contributed by atoms with E-state index in [4.69, 9.17) is 10.3 Å². The Labute approximate surface area is 118 Å². The fourth-order valence-electron chi connectivity index (χ4n) is 2.02. The lowest BCUT2D eigenvalue weighted by Crippen LogP contribution is -2.13. The zero-order valence-corrected chi connectivity index (χ0v) is 11.8. The number of nitrogens with two attached hydrogens (primary N) is 1. The number of hydrogen-bond donors (Lipinski definition) is 3. The minimum atomic E-state index is -4.15. The van der Waals surface area contributed by atoms with Gasteiger partial charge in [0.1, 0.15) is 0 Å². The molecule has 0 saturated carbocycles. The maximum Gasteiger partial charge on any atom is 0.294 e. The maximum atomic E-state index is 11.0. The molecular weight excluding hydrogens is 276 g/mol. The standard InChI is InChI=1S/C14H15NO3S.H3N/c15-10-14(11-4-2-1-3-5-11)12-6-8-13(9-7-12)19(16,17)18;/h1-9,14H,10,15H2,(H,16,17,18);1H3. The molecule has 0 radical (unpaired) electrons. The van der Waals surface area contributed by atoms with Gasteiger partial charge in [0.15, 0.2) is 0 Å². The number of rotatable bonds is 4. The van der Waals surface area contributed by atoms with Crippen molar-refractivity contribution in [3.8, 4) is 0 Å². The van der Waals surface area contributed by atoms with Gasteiger partial charge in [-0.25, -0.2) is 0 Å². The van der Waals surface area contributed by atoms with Crippen molar-refractivity contribution in [1.82, 2.24) is 6.15 Å². The highest BCUT2D eigenvalue weighted by Crippen LogP contribution is 2.24. The van der Waals surface area contributed by atoms with Crippen molar-refractivity contribution in [2.75, 3.05) is 6.54 Å². The van der Waals surface area contributed by atoms with E-state index in [0.29, 0.717) is 6.54 Å². The molecule has 108 valence electrons. The quantitative estimate of drug-likeness (QED) is 0.747. The van der Waals surface area contributed by atoms with Crippen molar-refractivity contribution in [3.05, 3.63) is 65.7 Å². The summed E-state index contributed by atoms with van der Waals surface area (Å²) in [4.78, 5) is -0.111. The Balaban J connectivity index is 0.00000200. The third-order valence-electron chi connectivity index (χ3n) is 3.02. The molecular formula is C14H18N2O3S. The molecule has 0 spiro atoms. The predicted octanol–water partition coefficient (Wildman–Crippen LogP) is 2.19. The van der Waals surface area contributed by atoms with Crippen molar-refractivity contribution < 1.29 is 13.0 Å². The molecule has 20 heavy (non-hydrogen) atoms. The normalized spacial score (nSPS) is 12.5. The van der Waals surface area contributed by atoms with Crippen LogP contribution < -0.4 is 11.9 Å². The van der Waals surface area contributed by atoms with Crippen LogP contribution in [0, 0.1) is 0 Å². The summed E-state index contributed by atoms with van der Waals surface area (Å²) in [6.45, 7) is 0.426. The summed E-state index contributed by atoms with van der Waals surface area (Å²) in [6.07, 6.45) is 0. The minimum absolute atomic E-state index is 0. The molecule has 2 aromatic rings. The van der Waals surface area contributed by atoms with Crippen molar-refractivity contribution in [1.29, 1.82) is 0 Å². The summed E-state index contributed by atoms with van der Waals surface area (Å²) in [5, 5.41) is 0. The summed E-state index contributed by atoms with van der Waals surface area (Å²) < 4.78 is 30.9. The smallest absolute Gasteiger partial charge is 0.294 e. The van der Waals surface area contributed by atoms with E-state index in [2.05, 4.69) is 0 Å². The van der Waals surface area contributed by atoms with E-state index in [1.54, 1.807) is 12.1 Å². The van der Waals surface area contributed by atoms with Crippen LogP contribution in [0.1, 0.15) is 17.0 Å². The fraction of sp³-hybridized carbons (Fsp3) is 0.143. The first-order valence-corrected chi connectivity index (χ1v) is 7.29. The van der Waals surface area contributed by atoms with Gasteiger partial charge in [-0.05, 0) is 23.3 Å². The second-order valence-electron chi connectivity index (χ2n) is 4.24. The molecule has 0 aliphatic heterocycles. The zero-order valence-electron chi connectivity index (χ0n) is 10.9. The first-order chi connectivity index (χ1) is 9.02. The van der Waals surface area contributed by atoms with Gasteiger partial charge in [0, 0.05) is 12.5 Å². The molecule has 2 rings (SSSR count). The van der Waals surface area contributed by atoms with E-state index in [9.17, 15) is 8.42 Å². The van der Waals surface area contributed by atoms with E-state index < -0.39 is 10.1 Å². The highest BCUT2D eigenvalue weighted by Gasteiger charge is 2.14. The lowest BCUT2D eigenvalue weighted by atomic mass is 9.91. The molecule has 0 fully saturated rings. The third-order valence-corrected chi connectivity index (χ3v) is 3.89. The van der Waals surface area contributed by atoms with Gasteiger partial charge < -0.3 is 11.9 Å². The number of hydrogen-bond acceptors (Lipinski definition) is 4. The molecule has 2 aromatic carbocycles. The lowest BCUT2D eigenvalue weighted by Gasteiger charge is -2.15. The van der Waals surface area contributed by atoms with Gasteiger partial charge in [0.2, 0.25) is 0 Å². The highest BCUT2D eigenvalue weighted by atomic mass is 32.2. The van der Waals surface area contributed by atoms with Crippen LogP contribution >= 0.6 is 0 Å². The zero-order chi connectivity index (χ0) is 13.9. The van der Waals surface area contributed by atoms with E-state index in [1.165, 1.54) is 12.1 Å². The third kappa shape index (κ3) is 3.64.